The zero-order chi connectivity index (χ0) is 3.41. The van der Waals surface area contributed by atoms with Crippen molar-refractivity contribution in [2.45, 2.75) is 0 Å². The Bertz CT molecular complexity index is 6.85. The van der Waals surface area contributed by atoms with Crippen molar-refractivity contribution in [1.29, 1.82) is 0 Å². The van der Waals surface area contributed by atoms with E-state index >= 15 is 0 Å². The first-order valence-electron chi connectivity index (χ1n) is 1.03. The third-order valence-electron chi connectivity index (χ3n) is 0.0714. The van der Waals surface area contributed by atoms with E-state index in [9.17, 15) is 0 Å². The first-order valence-corrected chi connectivity index (χ1v) is 52.6. The molecular weight excluding hydrogens is 508 g/mol. The fourth-order valence-electron chi connectivity index (χ4n) is 0. The molecule has 0 aliphatic heterocycles. The van der Waals surface area contributed by atoms with Gasteiger partial charge in [-0.3, -0.25) is 0 Å². The molecule has 0 aromatic carbocycles. The van der Waals surface area contributed by atoms with Gasteiger partial charge in [-0.1, -0.05) is 0 Å². The Morgan fingerprint density at radius 1 is 1.00 bits per heavy atom. The molecule has 0 amide bonds. The Balaban J connectivity index is 0. The van der Waals surface area contributed by atoms with Crippen LogP contribution in [0.5, 0.6) is 0 Å². The maximum absolute atomic E-state index is 5.38. The number of hydrogen-bond acceptors (Lipinski definition) is 0. The summed E-state index contributed by atoms with van der Waals surface area (Å²) in [6.45, 7) is 0. The van der Waals surface area contributed by atoms with E-state index in [0.717, 1.165) is 0 Å². The van der Waals surface area contributed by atoms with Crippen molar-refractivity contribution in [3.05, 3.63) is 0 Å². The Labute approximate surface area is 63.4 Å². The molecule has 0 radical (unpaired) electrons. The Morgan fingerprint density at radius 3 is 1.20 bits per heavy atom. The zero-order valence-electron chi connectivity index (χ0n) is 2.58. The van der Waals surface area contributed by atoms with Gasteiger partial charge in [-0.15, -0.1) is 12.4 Å². The van der Waals surface area contributed by atoms with Gasteiger partial charge in [0.15, 0.2) is 0 Å². The minimum absolute atomic E-state index is 0. The fourth-order valence-corrected chi connectivity index (χ4v) is 0. The third-order valence-corrected chi connectivity index (χ3v) is 49.5. The van der Waals surface area contributed by atoms with Crippen LogP contribution in [0, 0.1) is 0 Å². The summed E-state index contributed by atoms with van der Waals surface area (Å²) in [5.41, 5.74) is 0. The summed E-state index contributed by atoms with van der Waals surface area (Å²) in [7, 11) is 10.8. The molecule has 0 saturated heterocycles. The van der Waals surface area contributed by atoms with Crippen LogP contribution in [0.3, 0.4) is 0 Å². The molecule has 0 bridgehead atoms. The van der Waals surface area contributed by atoms with Crippen molar-refractivity contribution >= 4 is 28.9 Å². The van der Waals surface area contributed by atoms with Crippen LogP contribution in [-0.4, -0.2) is 0 Å². The van der Waals surface area contributed by atoms with Crippen molar-refractivity contribution in [3.8, 4) is 0 Å². The van der Waals surface area contributed by atoms with Crippen LogP contribution in [0.15, 0.2) is 0 Å². The topological polar surface area (TPSA) is 0 Å². The second kappa shape index (κ2) is 9.88. The van der Waals surface area contributed by atoms with Crippen LogP contribution < -0.4 is 0 Å². The monoisotopic (exact) mass is 510 g/mol. The van der Waals surface area contributed by atoms with Gasteiger partial charge in [-0.25, -0.2) is 0 Å². The quantitative estimate of drug-likeness (QED) is 0.474. The summed E-state index contributed by atoms with van der Waals surface area (Å²) in [6.07, 6.45) is 0. The van der Waals surface area contributed by atoms with Crippen LogP contribution in [0.1, 0.15) is 0 Å². The summed E-state index contributed by atoms with van der Waals surface area (Å²) in [5.74, 6) is 0. The van der Waals surface area contributed by atoms with Gasteiger partial charge >= 0.3 is 52.5 Å². The zero-order valence-corrected chi connectivity index (χ0v) is 15.9. The van der Waals surface area contributed by atoms with E-state index < -0.39 is 36.0 Å². The molecule has 0 fully saturated rings. The van der Waals surface area contributed by atoms with E-state index in [-0.39, 0.29) is 12.4 Å². The summed E-state index contributed by atoms with van der Waals surface area (Å²) in [6, 6.07) is 0. The van der Waals surface area contributed by atoms with Gasteiger partial charge in [-0.05, 0) is 0 Å². The Morgan fingerprint density at radius 2 is 1.20 bits per heavy atom. The SMILES string of the molecule is Cl.[Cl][Hg][Hg][Cl]. The Hall–Kier alpha value is 2.74. The van der Waals surface area contributed by atoms with Gasteiger partial charge < -0.3 is 0 Å². The molecule has 0 unspecified atom stereocenters. The molecular formula is HCl3Hg2. The van der Waals surface area contributed by atoms with Gasteiger partial charge in [-0.2, -0.15) is 0 Å². The molecule has 0 heterocycles. The van der Waals surface area contributed by atoms with Gasteiger partial charge in [0.1, 0.15) is 0 Å². The third kappa shape index (κ3) is 10.8. The van der Waals surface area contributed by atoms with Gasteiger partial charge in [0.25, 0.3) is 0 Å². The Kier molecular flexibility index (Phi) is 21.1. The molecule has 5 heteroatoms. The second-order valence-corrected chi connectivity index (χ2v) is 87.3. The van der Waals surface area contributed by atoms with Crippen molar-refractivity contribution in [2.24, 2.45) is 0 Å². The van der Waals surface area contributed by atoms with Crippen molar-refractivity contribution in [2.75, 3.05) is 0 Å². The number of hydrogen-bond donors (Lipinski definition) is 0. The van der Waals surface area contributed by atoms with Crippen LogP contribution in [0.25, 0.3) is 0 Å². The van der Waals surface area contributed by atoms with E-state index in [0.29, 0.717) is 0 Å². The van der Waals surface area contributed by atoms with E-state index in [1.54, 1.807) is 0 Å². The van der Waals surface area contributed by atoms with Crippen LogP contribution in [0.2, 0.25) is 0 Å². The summed E-state index contributed by atoms with van der Waals surface area (Å²) in [5, 5.41) is 0. The normalized spacial score (nSPS) is 2.80. The van der Waals surface area contributed by atoms with E-state index in [2.05, 4.69) is 0 Å². The van der Waals surface area contributed by atoms with E-state index in [4.69, 9.17) is 16.5 Å². The van der Waals surface area contributed by atoms with Gasteiger partial charge in [0.2, 0.25) is 0 Å². The second-order valence-electron chi connectivity index (χ2n) is 0.378. The van der Waals surface area contributed by atoms with E-state index in [1.165, 1.54) is 0 Å². The molecule has 0 saturated carbocycles. The molecule has 5 heavy (non-hydrogen) atoms. The first kappa shape index (κ1) is 10.7. The molecule has 0 spiro atoms. The predicted octanol–water partition coefficient (Wildman–Crippen LogP) is 1.80. The molecule has 0 aliphatic carbocycles. The summed E-state index contributed by atoms with van der Waals surface area (Å²) < 4.78 is 0. The standard InChI is InChI=1S/3ClH.2Hg/h3*1H;;/q;;;2*+1/p-2. The van der Waals surface area contributed by atoms with Crippen molar-refractivity contribution in [1.82, 2.24) is 0 Å². The molecule has 0 aliphatic rings. The molecule has 0 N–H and O–H groups in total. The van der Waals surface area contributed by atoms with E-state index in [1.807, 2.05) is 0 Å². The molecule has 0 atom stereocenters. The maximum atomic E-state index is 5.38. The molecule has 26 valence electrons. The van der Waals surface area contributed by atoms with Crippen LogP contribution in [0.4, 0.5) is 0 Å². The van der Waals surface area contributed by atoms with Crippen molar-refractivity contribution < 1.29 is 36.0 Å². The molecule has 0 nitrogen and oxygen atoms in total. The predicted molar refractivity (Wildman–Crippen MR) is 19.0 cm³/mol. The van der Waals surface area contributed by atoms with Gasteiger partial charge in [0.05, 0.1) is 0 Å². The van der Waals surface area contributed by atoms with Crippen LogP contribution >= 0.6 is 28.9 Å². The van der Waals surface area contributed by atoms with Crippen LogP contribution in [-0.2, 0) is 36.0 Å². The summed E-state index contributed by atoms with van der Waals surface area (Å²) >= 11 is -1.31. The molecule has 0 aromatic heterocycles. The fraction of sp³-hybridized carbons (Fsp3) is 0. The number of rotatable bonds is 1. The average Bonchev–Trinajstić information content (AvgIpc) is 1.37. The minimum atomic E-state index is -0.653. The average molecular weight is 509 g/mol. The van der Waals surface area contributed by atoms with Crippen molar-refractivity contribution in [3.63, 3.8) is 0 Å². The molecule has 0 rings (SSSR count). The van der Waals surface area contributed by atoms with Gasteiger partial charge in [0, 0.05) is 0 Å². The number of halogens is 3. The molecule has 0 aromatic rings. The first-order chi connectivity index (χ1) is 1.91. The summed E-state index contributed by atoms with van der Waals surface area (Å²) in [4.78, 5) is 0.